The molecule has 0 aliphatic carbocycles. The van der Waals surface area contributed by atoms with Crippen LogP contribution in [0.25, 0.3) is 0 Å². The second kappa shape index (κ2) is 9.60. The van der Waals surface area contributed by atoms with Gasteiger partial charge in [0.2, 0.25) is 5.91 Å². The summed E-state index contributed by atoms with van der Waals surface area (Å²) in [5, 5.41) is 8.88. The van der Waals surface area contributed by atoms with Crippen molar-refractivity contribution in [1.82, 2.24) is 29.4 Å². The molecule has 0 atom stereocenters. The van der Waals surface area contributed by atoms with Gasteiger partial charge in [-0.3, -0.25) is 24.2 Å². The first-order valence-electron chi connectivity index (χ1n) is 10.9. The monoisotopic (exact) mass is 430 g/mol. The Kier molecular flexibility index (Phi) is 6.87. The number of aromatic nitrogens is 2. The van der Waals surface area contributed by atoms with E-state index >= 15 is 0 Å². The highest BCUT2D eigenvalue weighted by molar-refractivity contribution is 7.07. The quantitative estimate of drug-likeness (QED) is 0.696. The van der Waals surface area contributed by atoms with Gasteiger partial charge in [0.25, 0.3) is 0 Å². The normalized spacial score (nSPS) is 19.5. The van der Waals surface area contributed by atoms with Crippen LogP contribution in [0, 0.1) is 13.8 Å². The SMILES string of the molecule is Cc1nn(C)c(C)c1CN1CCN(CC(=O)N2CCN(Cc3ccsc3)CC2)CC1. The molecule has 4 rings (SSSR count). The average molecular weight is 431 g/mol. The molecule has 8 heteroatoms. The standard InChI is InChI=1S/C22H34N6OS/c1-18-21(19(2)24(3)23-18)15-26-5-7-27(8-6-26)16-22(29)28-11-9-25(10-12-28)14-20-4-13-30-17-20/h4,13,17H,5-12,14-16H2,1-3H3. The third kappa shape index (κ3) is 5.11. The van der Waals surface area contributed by atoms with E-state index in [2.05, 4.69) is 55.4 Å². The van der Waals surface area contributed by atoms with E-state index in [1.165, 1.54) is 16.8 Å². The number of nitrogens with zero attached hydrogens (tertiary/aromatic N) is 6. The topological polar surface area (TPSA) is 47.9 Å². The molecule has 0 spiro atoms. The first-order chi connectivity index (χ1) is 14.5. The van der Waals surface area contributed by atoms with Gasteiger partial charge in [-0.2, -0.15) is 16.4 Å². The molecule has 2 fully saturated rings. The Balaban J connectivity index is 1.18. The highest BCUT2D eigenvalue weighted by Crippen LogP contribution is 2.16. The Labute approximate surface area is 183 Å². The Morgan fingerprint density at radius 1 is 0.967 bits per heavy atom. The van der Waals surface area contributed by atoms with E-state index in [9.17, 15) is 4.79 Å². The van der Waals surface area contributed by atoms with Gasteiger partial charge >= 0.3 is 0 Å². The number of aryl methyl sites for hydroxylation is 2. The smallest absolute Gasteiger partial charge is 0.236 e. The summed E-state index contributed by atoms with van der Waals surface area (Å²) < 4.78 is 1.97. The van der Waals surface area contributed by atoms with E-state index < -0.39 is 0 Å². The summed E-state index contributed by atoms with van der Waals surface area (Å²) in [7, 11) is 2.01. The largest absolute Gasteiger partial charge is 0.339 e. The second-order valence-electron chi connectivity index (χ2n) is 8.61. The van der Waals surface area contributed by atoms with E-state index in [-0.39, 0.29) is 5.91 Å². The fraction of sp³-hybridized carbons (Fsp3) is 0.636. The summed E-state index contributed by atoms with van der Waals surface area (Å²) in [6.07, 6.45) is 0. The molecule has 0 N–H and O–H groups in total. The predicted molar refractivity (Wildman–Crippen MR) is 121 cm³/mol. The summed E-state index contributed by atoms with van der Waals surface area (Å²) in [6, 6.07) is 2.19. The van der Waals surface area contributed by atoms with Gasteiger partial charge in [0, 0.05) is 83.8 Å². The van der Waals surface area contributed by atoms with E-state index in [1.807, 2.05) is 11.7 Å². The van der Waals surface area contributed by atoms with Crippen molar-refractivity contribution in [2.24, 2.45) is 7.05 Å². The molecule has 4 heterocycles. The first-order valence-corrected chi connectivity index (χ1v) is 11.9. The van der Waals surface area contributed by atoms with Gasteiger partial charge in [-0.25, -0.2) is 0 Å². The molecular weight excluding hydrogens is 396 g/mol. The molecule has 0 bridgehead atoms. The highest BCUT2D eigenvalue weighted by Gasteiger charge is 2.25. The van der Waals surface area contributed by atoms with Gasteiger partial charge in [0.1, 0.15) is 0 Å². The van der Waals surface area contributed by atoms with E-state index in [0.29, 0.717) is 6.54 Å². The van der Waals surface area contributed by atoms with Crippen LogP contribution in [-0.2, 0) is 24.9 Å². The van der Waals surface area contributed by atoms with Crippen LogP contribution >= 0.6 is 11.3 Å². The number of carbonyl (C=O) groups is 1. The van der Waals surface area contributed by atoms with Crippen LogP contribution in [-0.4, -0.2) is 94.2 Å². The molecule has 2 aromatic heterocycles. The van der Waals surface area contributed by atoms with Crippen molar-refractivity contribution in [2.45, 2.75) is 26.9 Å². The van der Waals surface area contributed by atoms with Crippen molar-refractivity contribution < 1.29 is 4.79 Å². The molecule has 1 amide bonds. The number of thiophene rings is 1. The summed E-state index contributed by atoms with van der Waals surface area (Å²) in [5.41, 5.74) is 5.12. The molecule has 7 nitrogen and oxygen atoms in total. The second-order valence-corrected chi connectivity index (χ2v) is 9.39. The van der Waals surface area contributed by atoms with Gasteiger partial charge in [-0.15, -0.1) is 0 Å². The lowest BCUT2D eigenvalue weighted by Gasteiger charge is -2.38. The van der Waals surface area contributed by atoms with Gasteiger partial charge in [0.05, 0.1) is 12.2 Å². The van der Waals surface area contributed by atoms with E-state index in [4.69, 9.17) is 0 Å². The molecule has 0 saturated carbocycles. The maximum absolute atomic E-state index is 12.8. The van der Waals surface area contributed by atoms with Gasteiger partial charge in [-0.1, -0.05) is 0 Å². The fourth-order valence-corrected chi connectivity index (χ4v) is 5.12. The minimum absolute atomic E-state index is 0.289. The maximum Gasteiger partial charge on any atom is 0.236 e. The van der Waals surface area contributed by atoms with Crippen molar-refractivity contribution in [1.29, 1.82) is 0 Å². The first kappa shape index (κ1) is 21.5. The summed E-state index contributed by atoms with van der Waals surface area (Å²) in [6.45, 7) is 14.3. The molecule has 30 heavy (non-hydrogen) atoms. The summed E-state index contributed by atoms with van der Waals surface area (Å²) in [5.74, 6) is 0.289. The fourth-order valence-electron chi connectivity index (χ4n) is 4.46. The van der Waals surface area contributed by atoms with E-state index in [0.717, 1.165) is 71.1 Å². The molecule has 0 aromatic carbocycles. The van der Waals surface area contributed by atoms with Crippen LogP contribution in [0.5, 0.6) is 0 Å². The lowest BCUT2D eigenvalue weighted by Crippen LogP contribution is -2.53. The van der Waals surface area contributed by atoms with Crippen LogP contribution in [0.3, 0.4) is 0 Å². The number of amides is 1. The molecule has 2 aliphatic rings. The zero-order valence-corrected chi connectivity index (χ0v) is 19.3. The van der Waals surface area contributed by atoms with Crippen molar-refractivity contribution in [3.8, 4) is 0 Å². The van der Waals surface area contributed by atoms with Crippen LogP contribution in [0.15, 0.2) is 16.8 Å². The van der Waals surface area contributed by atoms with Crippen LogP contribution < -0.4 is 0 Å². The zero-order chi connectivity index (χ0) is 21.1. The molecule has 0 radical (unpaired) electrons. The summed E-state index contributed by atoms with van der Waals surface area (Å²) in [4.78, 5) is 22.1. The molecule has 2 aliphatic heterocycles. The van der Waals surface area contributed by atoms with Crippen molar-refractivity contribution in [2.75, 3.05) is 58.9 Å². The molecular formula is C22H34N6OS. The number of carbonyl (C=O) groups excluding carboxylic acids is 1. The lowest BCUT2D eigenvalue weighted by atomic mass is 10.1. The minimum Gasteiger partial charge on any atom is -0.339 e. The lowest BCUT2D eigenvalue weighted by molar-refractivity contribution is -0.134. The van der Waals surface area contributed by atoms with Crippen LogP contribution in [0.4, 0.5) is 0 Å². The Bertz CT molecular complexity index is 832. The number of hydrogen-bond acceptors (Lipinski definition) is 6. The van der Waals surface area contributed by atoms with Crippen molar-refractivity contribution in [3.05, 3.63) is 39.3 Å². The molecule has 2 aromatic rings. The van der Waals surface area contributed by atoms with Crippen molar-refractivity contribution >= 4 is 17.2 Å². The number of piperazine rings is 2. The highest BCUT2D eigenvalue weighted by atomic mass is 32.1. The van der Waals surface area contributed by atoms with Gasteiger partial charge in [0.15, 0.2) is 0 Å². The minimum atomic E-state index is 0.289. The van der Waals surface area contributed by atoms with E-state index in [1.54, 1.807) is 11.3 Å². The average Bonchev–Trinajstić information content (AvgIpc) is 3.33. The van der Waals surface area contributed by atoms with Crippen LogP contribution in [0.1, 0.15) is 22.5 Å². The van der Waals surface area contributed by atoms with Gasteiger partial charge in [-0.05, 0) is 36.2 Å². The Hall–Kier alpha value is -1.74. The van der Waals surface area contributed by atoms with Crippen molar-refractivity contribution in [3.63, 3.8) is 0 Å². The Morgan fingerprint density at radius 2 is 1.60 bits per heavy atom. The van der Waals surface area contributed by atoms with Crippen LogP contribution in [0.2, 0.25) is 0 Å². The Morgan fingerprint density at radius 3 is 2.20 bits per heavy atom. The molecule has 164 valence electrons. The zero-order valence-electron chi connectivity index (χ0n) is 18.5. The number of rotatable bonds is 6. The third-order valence-corrected chi connectivity index (χ3v) is 7.31. The molecule has 0 unspecified atom stereocenters. The number of hydrogen-bond donors (Lipinski definition) is 0. The molecule has 2 saturated heterocycles. The maximum atomic E-state index is 12.8. The van der Waals surface area contributed by atoms with Gasteiger partial charge < -0.3 is 4.90 Å². The third-order valence-electron chi connectivity index (χ3n) is 6.58. The predicted octanol–water partition coefficient (Wildman–Crippen LogP) is 1.56. The summed E-state index contributed by atoms with van der Waals surface area (Å²) >= 11 is 1.75.